The van der Waals surface area contributed by atoms with Crippen LogP contribution >= 0.6 is 9.29 Å². The summed E-state index contributed by atoms with van der Waals surface area (Å²) in [5.74, 6) is 0. The summed E-state index contributed by atoms with van der Waals surface area (Å²) in [6.45, 7) is 4.51. The molecule has 3 heteroatoms. The second kappa shape index (κ2) is 11.6. The molecule has 0 aliphatic carbocycles. The Balaban J connectivity index is 0. The second-order valence-corrected chi connectivity index (χ2v) is 12.5. The van der Waals surface area contributed by atoms with Gasteiger partial charge in [0, 0.05) is 18.6 Å². The van der Waals surface area contributed by atoms with Crippen LogP contribution in [0.3, 0.4) is 0 Å². The fraction of sp³-hybridized carbons (Fsp3) is 1.00. The monoisotopic (exact) mass is 317 g/mol. The van der Waals surface area contributed by atoms with Crippen LogP contribution in [0.15, 0.2) is 0 Å². The fourth-order valence-corrected chi connectivity index (χ4v) is 7.79. The first-order chi connectivity index (χ1) is 4.81. The van der Waals surface area contributed by atoms with E-state index in [-0.39, 0.29) is 18.6 Å². The number of unbranched alkanes of at least 4 members (excludes halogenated alkanes) is 2. The van der Waals surface area contributed by atoms with Crippen LogP contribution in [0.4, 0.5) is 0 Å². The molecule has 1 radical (unpaired) electrons. The van der Waals surface area contributed by atoms with Gasteiger partial charge >= 0.3 is 75.5 Å². The summed E-state index contributed by atoms with van der Waals surface area (Å²) in [6, 6.07) is 0. The van der Waals surface area contributed by atoms with Crippen molar-refractivity contribution in [2.75, 3.05) is 0 Å². The fourth-order valence-electron chi connectivity index (χ4n) is 0.873. The van der Waals surface area contributed by atoms with Crippen LogP contribution in [0, 0.1) is 0 Å². The minimum Gasteiger partial charge on any atom is 0 e. The van der Waals surface area contributed by atoms with Gasteiger partial charge in [0.15, 0.2) is 0 Å². The average molecular weight is 316 g/mol. The molecular formula is C8H18SSnV. The van der Waals surface area contributed by atoms with Crippen LogP contribution in [0.25, 0.3) is 0 Å². The maximum Gasteiger partial charge on any atom is 0 e. The van der Waals surface area contributed by atoms with E-state index in [2.05, 4.69) is 13.8 Å². The van der Waals surface area contributed by atoms with Crippen molar-refractivity contribution < 1.29 is 18.6 Å². The van der Waals surface area contributed by atoms with Gasteiger partial charge in [0.25, 0.3) is 0 Å². The van der Waals surface area contributed by atoms with E-state index in [1.807, 2.05) is 0 Å². The third-order valence-corrected chi connectivity index (χ3v) is 9.56. The zero-order chi connectivity index (χ0) is 7.82. The molecule has 0 atom stereocenters. The Kier molecular flexibility index (Phi) is 15.9. The van der Waals surface area contributed by atoms with Crippen LogP contribution < -0.4 is 0 Å². The molecule has 0 aliphatic heterocycles. The van der Waals surface area contributed by atoms with Gasteiger partial charge in [-0.05, 0) is 0 Å². The summed E-state index contributed by atoms with van der Waals surface area (Å²) < 4.78 is 2.90. The van der Waals surface area contributed by atoms with E-state index in [0.717, 1.165) is 0 Å². The van der Waals surface area contributed by atoms with Gasteiger partial charge in [0.1, 0.15) is 0 Å². The molecule has 0 unspecified atom stereocenters. The van der Waals surface area contributed by atoms with Crippen molar-refractivity contribution in [3.8, 4) is 0 Å². The maximum atomic E-state index is 5.46. The molecule has 0 aromatic carbocycles. The van der Waals surface area contributed by atoms with Crippen molar-refractivity contribution >= 4 is 27.1 Å². The molecule has 0 saturated heterocycles. The molecule has 0 aromatic heterocycles. The summed E-state index contributed by atoms with van der Waals surface area (Å²) in [5, 5.41) is 0. The first kappa shape index (κ1) is 15.1. The summed E-state index contributed by atoms with van der Waals surface area (Å²) >= 11 is -1.16. The third-order valence-electron chi connectivity index (χ3n) is 1.62. The predicted molar refractivity (Wildman–Crippen MR) is 52.8 cm³/mol. The largest absolute Gasteiger partial charge is 0 e. The number of rotatable bonds is 6. The molecule has 0 fully saturated rings. The summed E-state index contributed by atoms with van der Waals surface area (Å²) in [6.07, 6.45) is 5.49. The van der Waals surface area contributed by atoms with Gasteiger partial charge in [-0.25, -0.2) is 0 Å². The van der Waals surface area contributed by atoms with E-state index in [9.17, 15) is 0 Å². The standard InChI is InChI=1S/2C4H9.S.Sn.V/c2*1-3-4-2;;;/h2*1,3-4H2,2H3;;;. The van der Waals surface area contributed by atoms with Crippen molar-refractivity contribution in [1.82, 2.24) is 0 Å². The Morgan fingerprint density at radius 2 is 1.36 bits per heavy atom. The number of hydrogen-bond acceptors (Lipinski definition) is 1. The molecule has 0 aliphatic rings. The first-order valence-electron chi connectivity index (χ1n) is 4.33. The Morgan fingerprint density at radius 1 is 1.00 bits per heavy atom. The van der Waals surface area contributed by atoms with Crippen molar-refractivity contribution in [1.29, 1.82) is 0 Å². The average Bonchev–Trinajstić information content (AvgIpc) is 1.97. The Labute approximate surface area is 93.3 Å². The van der Waals surface area contributed by atoms with Gasteiger partial charge in [-0.3, -0.25) is 0 Å². The van der Waals surface area contributed by atoms with Crippen molar-refractivity contribution in [2.24, 2.45) is 0 Å². The van der Waals surface area contributed by atoms with E-state index in [4.69, 9.17) is 9.29 Å². The van der Waals surface area contributed by atoms with Crippen LogP contribution in [0.1, 0.15) is 39.5 Å². The van der Waals surface area contributed by atoms with Crippen molar-refractivity contribution in [3.63, 3.8) is 0 Å². The molecule has 0 N–H and O–H groups in total. The molecule has 0 spiro atoms. The van der Waals surface area contributed by atoms with Crippen LogP contribution in [-0.2, 0) is 18.6 Å². The molecule has 0 bridgehead atoms. The second-order valence-electron chi connectivity index (χ2n) is 2.75. The van der Waals surface area contributed by atoms with E-state index in [1.54, 1.807) is 0 Å². The van der Waals surface area contributed by atoms with Crippen molar-refractivity contribution in [2.45, 2.75) is 48.4 Å². The SMILES string of the molecule is CCC[CH2][Sn](=[S])[CH2]CCC.[V]. The van der Waals surface area contributed by atoms with Gasteiger partial charge in [-0.1, -0.05) is 0 Å². The predicted octanol–water partition coefficient (Wildman–Crippen LogP) is 3.77. The first-order valence-corrected chi connectivity index (χ1v) is 12.3. The van der Waals surface area contributed by atoms with E-state index < -0.39 is 17.8 Å². The maximum absolute atomic E-state index is 5.46. The minimum absolute atomic E-state index is 0. The van der Waals surface area contributed by atoms with E-state index >= 15 is 0 Å². The van der Waals surface area contributed by atoms with Gasteiger partial charge < -0.3 is 0 Å². The van der Waals surface area contributed by atoms with Crippen LogP contribution in [0.5, 0.6) is 0 Å². The topological polar surface area (TPSA) is 0 Å². The molecule has 0 amide bonds. The summed E-state index contributed by atoms with van der Waals surface area (Å²) in [4.78, 5) is 0. The van der Waals surface area contributed by atoms with E-state index in [0.29, 0.717) is 0 Å². The molecule has 0 nitrogen and oxygen atoms in total. The Bertz CT molecular complexity index is 86.1. The molecular weight excluding hydrogens is 298 g/mol. The van der Waals surface area contributed by atoms with Gasteiger partial charge in [0.05, 0.1) is 0 Å². The summed E-state index contributed by atoms with van der Waals surface area (Å²) in [5.41, 5.74) is 0. The quantitative estimate of drug-likeness (QED) is 0.672. The molecule has 0 rings (SSSR count). The molecule has 65 valence electrons. The zero-order valence-corrected chi connectivity index (χ0v) is 12.7. The normalized spacial score (nSPS) is 8.91. The minimum atomic E-state index is -1.16. The smallest absolute Gasteiger partial charge is 0 e. The Morgan fingerprint density at radius 3 is 1.64 bits per heavy atom. The van der Waals surface area contributed by atoms with Crippen LogP contribution in [0.2, 0.25) is 8.87 Å². The summed E-state index contributed by atoms with van der Waals surface area (Å²) in [7, 11) is 5.46. The molecule has 0 heterocycles. The zero-order valence-electron chi connectivity index (χ0n) is 7.60. The molecule has 0 aromatic rings. The van der Waals surface area contributed by atoms with Crippen molar-refractivity contribution in [3.05, 3.63) is 0 Å². The van der Waals surface area contributed by atoms with Gasteiger partial charge in [-0.2, -0.15) is 0 Å². The third kappa shape index (κ3) is 11.6. The molecule has 11 heavy (non-hydrogen) atoms. The van der Waals surface area contributed by atoms with Crippen LogP contribution in [-0.4, -0.2) is 17.8 Å². The van der Waals surface area contributed by atoms with Gasteiger partial charge in [0.2, 0.25) is 0 Å². The number of hydrogen-bond donors (Lipinski definition) is 0. The van der Waals surface area contributed by atoms with E-state index in [1.165, 1.54) is 34.6 Å². The van der Waals surface area contributed by atoms with Gasteiger partial charge in [-0.15, -0.1) is 0 Å². The Hall–Kier alpha value is 1.60. The molecule has 0 saturated carbocycles.